The number of carboxylic acids is 1. The monoisotopic (exact) mass is 437 g/mol. The van der Waals surface area contributed by atoms with Gasteiger partial charge in [-0.3, -0.25) is 14.6 Å². The molecule has 2 fully saturated rings. The van der Waals surface area contributed by atoms with Gasteiger partial charge in [0.15, 0.2) is 0 Å². The SMILES string of the molecule is Nc1ncnc2c1C(=O)N(c1ccc(C3CCC4(CC3)CC(CC(=O)O)C4)nc1)CCO2. The average molecular weight is 438 g/mol. The van der Waals surface area contributed by atoms with Crippen molar-refractivity contribution in [3.63, 3.8) is 0 Å². The first-order valence-electron chi connectivity index (χ1n) is 11.2. The van der Waals surface area contributed by atoms with Crippen LogP contribution in [0.3, 0.4) is 0 Å². The van der Waals surface area contributed by atoms with Gasteiger partial charge in [0.1, 0.15) is 24.3 Å². The number of nitrogens with two attached hydrogens (primary N) is 1. The Morgan fingerprint density at radius 2 is 2.00 bits per heavy atom. The van der Waals surface area contributed by atoms with Gasteiger partial charge in [0, 0.05) is 18.0 Å². The van der Waals surface area contributed by atoms with Gasteiger partial charge in [-0.25, -0.2) is 9.97 Å². The lowest BCUT2D eigenvalue weighted by Gasteiger charge is -2.51. The maximum Gasteiger partial charge on any atom is 0.303 e. The standard InChI is InChI=1S/C23H27N5O4/c24-20-19-21(27-13-26-20)32-8-7-28(22(19)31)16-1-2-17(25-12-16)15-3-5-23(6-4-15)10-14(11-23)9-18(29)30/h1-2,12-15H,3-11H2,(H,29,30)(H2,24,26,27). The van der Waals surface area contributed by atoms with E-state index in [1.165, 1.54) is 6.33 Å². The zero-order valence-corrected chi connectivity index (χ0v) is 17.9. The van der Waals surface area contributed by atoms with E-state index in [0.717, 1.165) is 44.2 Å². The summed E-state index contributed by atoms with van der Waals surface area (Å²) in [5.74, 6) is 0.102. The molecule has 0 unspecified atom stereocenters. The van der Waals surface area contributed by atoms with Gasteiger partial charge in [0.25, 0.3) is 5.91 Å². The quantitative estimate of drug-likeness (QED) is 0.746. The van der Waals surface area contributed by atoms with Crippen LogP contribution in [0.15, 0.2) is 24.7 Å². The normalized spacial score (nSPS) is 27.2. The maximum atomic E-state index is 13.1. The van der Waals surface area contributed by atoms with Gasteiger partial charge in [0.05, 0.1) is 18.4 Å². The fraction of sp³-hybridized carbons (Fsp3) is 0.522. The topological polar surface area (TPSA) is 132 Å². The number of anilines is 2. The number of pyridine rings is 1. The van der Waals surface area contributed by atoms with Crippen LogP contribution in [0.5, 0.6) is 5.88 Å². The van der Waals surface area contributed by atoms with E-state index in [-0.39, 0.29) is 23.2 Å². The van der Waals surface area contributed by atoms with E-state index in [1.807, 2.05) is 12.1 Å². The van der Waals surface area contributed by atoms with Gasteiger partial charge in [-0.05, 0) is 62.0 Å². The van der Waals surface area contributed by atoms with Crippen molar-refractivity contribution in [1.82, 2.24) is 15.0 Å². The molecule has 1 aliphatic heterocycles. The highest BCUT2D eigenvalue weighted by Crippen LogP contribution is 2.57. The first-order chi connectivity index (χ1) is 15.4. The molecule has 0 atom stereocenters. The van der Waals surface area contributed by atoms with E-state index >= 15 is 0 Å². The summed E-state index contributed by atoms with van der Waals surface area (Å²) >= 11 is 0. The predicted octanol–water partition coefficient (Wildman–Crippen LogP) is 3.02. The third-order valence-electron chi connectivity index (χ3n) is 7.31. The van der Waals surface area contributed by atoms with E-state index in [1.54, 1.807) is 11.1 Å². The van der Waals surface area contributed by atoms with Crippen LogP contribution in [0.25, 0.3) is 0 Å². The third-order valence-corrected chi connectivity index (χ3v) is 7.31. The number of fused-ring (bicyclic) bond motifs is 1. The smallest absolute Gasteiger partial charge is 0.303 e. The van der Waals surface area contributed by atoms with Crippen molar-refractivity contribution < 1.29 is 19.4 Å². The summed E-state index contributed by atoms with van der Waals surface area (Å²) < 4.78 is 5.59. The molecule has 0 radical (unpaired) electrons. The van der Waals surface area contributed by atoms with Crippen LogP contribution in [-0.2, 0) is 4.79 Å². The van der Waals surface area contributed by atoms with E-state index in [0.29, 0.717) is 42.5 Å². The molecule has 168 valence electrons. The molecule has 3 aliphatic rings. The summed E-state index contributed by atoms with van der Waals surface area (Å²) in [4.78, 5) is 38.2. The number of carboxylic acid groups (broad SMARTS) is 1. The Labute approximate surface area is 186 Å². The van der Waals surface area contributed by atoms with Crippen LogP contribution in [0.1, 0.15) is 66.9 Å². The van der Waals surface area contributed by atoms with Gasteiger partial charge in [0.2, 0.25) is 5.88 Å². The van der Waals surface area contributed by atoms with E-state index < -0.39 is 5.97 Å². The molecule has 9 heteroatoms. The largest absolute Gasteiger partial charge is 0.481 e. The molecule has 5 rings (SSSR count). The molecule has 1 amide bonds. The van der Waals surface area contributed by atoms with Crippen LogP contribution in [0.2, 0.25) is 0 Å². The molecule has 3 N–H and O–H groups in total. The van der Waals surface area contributed by atoms with Crippen LogP contribution in [-0.4, -0.2) is 45.1 Å². The van der Waals surface area contributed by atoms with Crippen LogP contribution >= 0.6 is 0 Å². The van der Waals surface area contributed by atoms with Gasteiger partial charge in [-0.15, -0.1) is 0 Å². The Balaban J connectivity index is 1.24. The number of rotatable bonds is 4. The number of nitrogens with zero attached hydrogens (tertiary/aromatic N) is 4. The Kier molecular flexibility index (Phi) is 5.19. The van der Waals surface area contributed by atoms with Crippen molar-refractivity contribution in [1.29, 1.82) is 0 Å². The number of aromatic nitrogens is 3. The lowest BCUT2D eigenvalue weighted by atomic mass is 9.54. The fourth-order valence-electron chi connectivity index (χ4n) is 5.70. The van der Waals surface area contributed by atoms with Gasteiger partial charge in [-0.1, -0.05) is 0 Å². The first kappa shape index (κ1) is 20.7. The summed E-state index contributed by atoms with van der Waals surface area (Å²) in [7, 11) is 0. The fourth-order valence-corrected chi connectivity index (χ4v) is 5.70. The van der Waals surface area contributed by atoms with Crippen molar-refractivity contribution in [3.05, 3.63) is 35.9 Å². The summed E-state index contributed by atoms with van der Waals surface area (Å²) in [5.41, 5.74) is 8.19. The number of nitrogen functional groups attached to an aromatic ring is 1. The highest BCUT2D eigenvalue weighted by molar-refractivity contribution is 6.10. The summed E-state index contributed by atoms with van der Waals surface area (Å²) in [6.45, 7) is 0.684. The van der Waals surface area contributed by atoms with E-state index in [9.17, 15) is 9.59 Å². The lowest BCUT2D eigenvalue weighted by Crippen LogP contribution is -2.40. The van der Waals surface area contributed by atoms with Crippen LogP contribution in [0, 0.1) is 11.3 Å². The molecular weight excluding hydrogens is 410 g/mol. The van der Waals surface area contributed by atoms with Crippen molar-refractivity contribution in [2.75, 3.05) is 23.8 Å². The predicted molar refractivity (Wildman–Crippen MR) is 116 cm³/mol. The van der Waals surface area contributed by atoms with Crippen LogP contribution in [0.4, 0.5) is 11.5 Å². The number of aliphatic carboxylic acids is 1. The van der Waals surface area contributed by atoms with Crippen molar-refractivity contribution in [2.45, 2.75) is 50.9 Å². The highest BCUT2D eigenvalue weighted by atomic mass is 16.5. The molecule has 2 aromatic rings. The molecule has 2 aliphatic carbocycles. The molecule has 3 heterocycles. The molecule has 0 saturated heterocycles. The van der Waals surface area contributed by atoms with Crippen molar-refractivity contribution >= 4 is 23.4 Å². The first-order valence-corrected chi connectivity index (χ1v) is 11.2. The minimum atomic E-state index is -0.684. The molecule has 32 heavy (non-hydrogen) atoms. The van der Waals surface area contributed by atoms with Crippen LogP contribution < -0.4 is 15.4 Å². The molecular formula is C23H27N5O4. The lowest BCUT2D eigenvalue weighted by molar-refractivity contribution is -0.140. The minimum Gasteiger partial charge on any atom is -0.481 e. The molecule has 0 aromatic carbocycles. The average Bonchev–Trinajstić information content (AvgIpc) is 2.92. The Hall–Kier alpha value is -3.23. The number of hydrogen-bond acceptors (Lipinski definition) is 7. The molecule has 2 saturated carbocycles. The summed E-state index contributed by atoms with van der Waals surface area (Å²) in [5, 5.41) is 8.98. The summed E-state index contributed by atoms with van der Waals surface area (Å²) in [6, 6.07) is 3.94. The number of carbonyl (C=O) groups excluding carboxylic acids is 1. The molecule has 9 nitrogen and oxygen atoms in total. The van der Waals surface area contributed by atoms with Gasteiger partial charge < -0.3 is 20.5 Å². The highest BCUT2D eigenvalue weighted by Gasteiger charge is 2.46. The number of carbonyl (C=O) groups is 2. The molecule has 2 aromatic heterocycles. The van der Waals surface area contributed by atoms with Gasteiger partial charge >= 0.3 is 5.97 Å². The van der Waals surface area contributed by atoms with Crippen molar-refractivity contribution in [2.24, 2.45) is 11.3 Å². The minimum absolute atomic E-state index is 0.106. The third kappa shape index (κ3) is 3.76. The zero-order chi connectivity index (χ0) is 22.3. The number of hydrogen-bond donors (Lipinski definition) is 2. The maximum absolute atomic E-state index is 13.1. The van der Waals surface area contributed by atoms with Crippen molar-refractivity contribution in [3.8, 4) is 5.88 Å². The Morgan fingerprint density at radius 3 is 2.69 bits per heavy atom. The molecule has 1 spiro atoms. The molecule has 0 bridgehead atoms. The Morgan fingerprint density at radius 1 is 1.22 bits per heavy atom. The van der Waals surface area contributed by atoms with E-state index in [4.69, 9.17) is 20.6 Å². The zero-order valence-electron chi connectivity index (χ0n) is 17.9. The second kappa shape index (κ2) is 8.03. The second-order valence-electron chi connectivity index (χ2n) is 9.33. The number of ether oxygens (including phenoxy) is 1. The Bertz CT molecular complexity index is 1030. The number of amides is 1. The summed E-state index contributed by atoms with van der Waals surface area (Å²) in [6.07, 6.45) is 9.85. The van der Waals surface area contributed by atoms with Gasteiger partial charge in [-0.2, -0.15) is 0 Å². The van der Waals surface area contributed by atoms with E-state index in [2.05, 4.69) is 9.97 Å². The second-order valence-corrected chi connectivity index (χ2v) is 9.33.